The second-order valence-corrected chi connectivity index (χ2v) is 10.1. The summed E-state index contributed by atoms with van der Waals surface area (Å²) in [6.45, 7) is 4.82. The molecule has 0 spiro atoms. The molecule has 0 aliphatic carbocycles. The number of ether oxygens (including phenoxy) is 2. The minimum Gasteiger partial charge on any atom is -0.493 e. The van der Waals surface area contributed by atoms with Gasteiger partial charge in [-0.15, -0.1) is 6.58 Å². The largest absolute Gasteiger partial charge is 0.493 e. The molecule has 2 saturated heterocycles. The van der Waals surface area contributed by atoms with Crippen LogP contribution >= 0.6 is 0 Å². The van der Waals surface area contributed by atoms with Gasteiger partial charge in [0.25, 0.3) is 5.91 Å². The lowest BCUT2D eigenvalue weighted by molar-refractivity contribution is -0.158. The Bertz CT molecular complexity index is 1430. The van der Waals surface area contributed by atoms with Crippen LogP contribution in [0.4, 0.5) is 4.79 Å². The number of nitrogens with zero attached hydrogens (tertiary/aromatic N) is 4. The van der Waals surface area contributed by atoms with Crippen molar-refractivity contribution >= 4 is 17.8 Å². The zero-order valence-electron chi connectivity index (χ0n) is 23.8. The molecule has 0 radical (unpaired) electrons. The third-order valence-electron chi connectivity index (χ3n) is 7.53. The van der Waals surface area contributed by atoms with Crippen molar-refractivity contribution in [3.63, 3.8) is 0 Å². The van der Waals surface area contributed by atoms with Gasteiger partial charge in [-0.25, -0.2) is 4.79 Å². The third-order valence-corrected chi connectivity index (χ3v) is 7.53. The minimum atomic E-state index is -0.833. The van der Waals surface area contributed by atoms with Crippen molar-refractivity contribution in [3.05, 3.63) is 108 Å². The lowest BCUT2D eigenvalue weighted by Crippen LogP contribution is -2.62. The molecule has 0 unspecified atom stereocenters. The fourth-order valence-corrected chi connectivity index (χ4v) is 5.53. The van der Waals surface area contributed by atoms with Crippen molar-refractivity contribution in [1.29, 1.82) is 0 Å². The van der Waals surface area contributed by atoms with Crippen LogP contribution in [0.15, 0.2) is 91.5 Å². The predicted molar refractivity (Wildman–Crippen MR) is 157 cm³/mol. The minimum absolute atomic E-state index is 0.0436. The van der Waals surface area contributed by atoms with Crippen molar-refractivity contribution in [3.8, 4) is 11.5 Å². The van der Waals surface area contributed by atoms with Crippen molar-refractivity contribution < 1.29 is 23.9 Å². The van der Waals surface area contributed by atoms with Crippen LogP contribution in [-0.2, 0) is 22.7 Å². The average Bonchev–Trinajstić information content (AvgIpc) is 3.34. The zero-order valence-corrected chi connectivity index (χ0v) is 23.8. The molecule has 42 heavy (non-hydrogen) atoms. The van der Waals surface area contributed by atoms with Gasteiger partial charge in [0.2, 0.25) is 5.91 Å². The van der Waals surface area contributed by atoms with E-state index in [-0.39, 0.29) is 44.0 Å². The van der Waals surface area contributed by atoms with Crippen LogP contribution in [0.1, 0.15) is 22.7 Å². The summed E-state index contributed by atoms with van der Waals surface area (Å²) in [6, 6.07) is 23.2. The molecule has 0 bridgehead atoms. The Morgan fingerprint density at radius 2 is 1.67 bits per heavy atom. The highest BCUT2D eigenvalue weighted by Gasteiger charge is 2.52. The highest BCUT2D eigenvalue weighted by atomic mass is 16.5. The molecular formula is C32H35N5O5. The molecular weight excluding hydrogens is 534 g/mol. The molecule has 1 N–H and O–H groups in total. The molecule has 0 aromatic heterocycles. The van der Waals surface area contributed by atoms with Gasteiger partial charge < -0.3 is 24.6 Å². The molecule has 2 fully saturated rings. The molecule has 3 aromatic rings. The predicted octanol–water partition coefficient (Wildman–Crippen LogP) is 3.57. The Kier molecular flexibility index (Phi) is 8.73. The van der Waals surface area contributed by atoms with Crippen LogP contribution in [0, 0.1) is 0 Å². The number of carbonyl (C=O) groups excluding carboxylic acids is 3. The van der Waals surface area contributed by atoms with Crippen molar-refractivity contribution in [2.45, 2.75) is 25.3 Å². The zero-order chi connectivity index (χ0) is 29.6. The van der Waals surface area contributed by atoms with Crippen LogP contribution < -0.4 is 14.8 Å². The van der Waals surface area contributed by atoms with Crippen LogP contribution in [-0.4, -0.2) is 77.7 Å². The molecule has 0 saturated carbocycles. The van der Waals surface area contributed by atoms with Crippen molar-refractivity contribution in [2.75, 3.05) is 33.9 Å². The summed E-state index contributed by atoms with van der Waals surface area (Å²) in [5.74, 6) is 0.739. The number of hydrogen-bond donors (Lipinski definition) is 1. The monoisotopic (exact) mass is 569 g/mol. The van der Waals surface area contributed by atoms with Crippen LogP contribution in [0.5, 0.6) is 11.5 Å². The normalized spacial score (nSPS) is 18.4. The molecule has 2 heterocycles. The van der Waals surface area contributed by atoms with Gasteiger partial charge in [0.1, 0.15) is 12.2 Å². The molecule has 4 amide bonds. The van der Waals surface area contributed by atoms with E-state index in [2.05, 4.69) is 11.9 Å². The SMILES string of the molecule is C=CCN(C(=O)NCc1ccccc1)N1CC(=O)N2[C@@H](c3ccccc3)C(=O)N(Cc3ccc(OC)c(OC)c3)C[C@@H]21. The van der Waals surface area contributed by atoms with Gasteiger partial charge in [-0.05, 0) is 28.8 Å². The van der Waals surface area contributed by atoms with E-state index in [1.807, 2.05) is 72.8 Å². The summed E-state index contributed by atoms with van der Waals surface area (Å²) in [5.41, 5.74) is 2.52. The molecule has 2 atom stereocenters. The first-order valence-electron chi connectivity index (χ1n) is 13.8. The summed E-state index contributed by atoms with van der Waals surface area (Å²) in [6.07, 6.45) is 1.06. The number of amides is 4. The first-order valence-corrected chi connectivity index (χ1v) is 13.8. The third kappa shape index (κ3) is 5.80. The highest BCUT2D eigenvalue weighted by molar-refractivity contribution is 5.92. The maximum atomic E-state index is 14.0. The number of nitrogens with one attached hydrogen (secondary N) is 1. The van der Waals surface area contributed by atoms with E-state index in [4.69, 9.17) is 9.47 Å². The maximum Gasteiger partial charge on any atom is 0.332 e. The molecule has 10 nitrogen and oxygen atoms in total. The fourth-order valence-electron chi connectivity index (χ4n) is 5.53. The van der Waals surface area contributed by atoms with E-state index in [0.29, 0.717) is 23.6 Å². The Balaban J connectivity index is 1.46. The number of piperazine rings is 1. The van der Waals surface area contributed by atoms with Gasteiger partial charge in [-0.3, -0.25) is 14.6 Å². The second kappa shape index (κ2) is 12.8. The highest BCUT2D eigenvalue weighted by Crippen LogP contribution is 2.37. The van der Waals surface area contributed by atoms with Crippen LogP contribution in [0.2, 0.25) is 0 Å². The molecule has 2 aliphatic heterocycles. The summed E-state index contributed by atoms with van der Waals surface area (Å²) < 4.78 is 10.8. The number of hydrazine groups is 1. The Morgan fingerprint density at radius 3 is 2.33 bits per heavy atom. The Morgan fingerprint density at radius 1 is 0.976 bits per heavy atom. The number of rotatable bonds is 10. The first-order chi connectivity index (χ1) is 20.4. The summed E-state index contributed by atoms with van der Waals surface area (Å²) >= 11 is 0. The summed E-state index contributed by atoms with van der Waals surface area (Å²) in [4.78, 5) is 44.5. The maximum absolute atomic E-state index is 14.0. The van der Waals surface area contributed by atoms with E-state index >= 15 is 0 Å². The molecule has 10 heteroatoms. The van der Waals surface area contributed by atoms with Gasteiger partial charge in [0.15, 0.2) is 11.5 Å². The number of hydrogen-bond acceptors (Lipinski definition) is 6. The molecule has 2 aliphatic rings. The van der Waals surface area contributed by atoms with E-state index in [1.165, 1.54) is 5.01 Å². The molecule has 5 rings (SSSR count). The van der Waals surface area contributed by atoms with Gasteiger partial charge >= 0.3 is 6.03 Å². The Hall–Kier alpha value is -4.83. The quantitative estimate of drug-likeness (QED) is 0.375. The van der Waals surface area contributed by atoms with E-state index < -0.39 is 12.2 Å². The lowest BCUT2D eigenvalue weighted by atomic mass is 10.00. The van der Waals surface area contributed by atoms with E-state index in [1.54, 1.807) is 41.2 Å². The van der Waals surface area contributed by atoms with Gasteiger partial charge in [-0.2, -0.15) is 5.01 Å². The van der Waals surface area contributed by atoms with E-state index in [0.717, 1.165) is 11.1 Å². The molecule has 218 valence electrons. The number of methoxy groups -OCH3 is 2. The average molecular weight is 570 g/mol. The standard InChI is InChI=1S/C32H35N5O5/c1-4-17-35(32(40)33-19-23-11-7-5-8-12-23)36-22-29(38)37-28(36)21-34(31(39)30(37)25-13-9-6-10-14-25)20-24-15-16-26(41-2)27(18-24)42-3/h4-16,18,28,30H,1,17,19-22H2,2-3H3,(H,33,40)/t28-,30+/m1/s1. The fraction of sp³-hybridized carbons (Fsp3) is 0.281. The number of urea groups is 1. The van der Waals surface area contributed by atoms with Crippen LogP contribution in [0.3, 0.4) is 0 Å². The van der Waals surface area contributed by atoms with Crippen molar-refractivity contribution in [2.24, 2.45) is 0 Å². The topological polar surface area (TPSA) is 94.7 Å². The van der Waals surface area contributed by atoms with Gasteiger partial charge in [0, 0.05) is 13.1 Å². The smallest absolute Gasteiger partial charge is 0.332 e. The number of benzene rings is 3. The van der Waals surface area contributed by atoms with Gasteiger partial charge in [-0.1, -0.05) is 72.8 Å². The summed E-state index contributed by atoms with van der Waals surface area (Å²) in [5, 5.41) is 6.21. The summed E-state index contributed by atoms with van der Waals surface area (Å²) in [7, 11) is 3.14. The first kappa shape index (κ1) is 28.7. The number of carbonyl (C=O) groups is 3. The Labute approximate surface area is 245 Å². The number of fused-ring (bicyclic) bond motifs is 1. The molecule has 3 aromatic carbocycles. The second-order valence-electron chi connectivity index (χ2n) is 10.1. The van der Waals surface area contributed by atoms with Crippen molar-refractivity contribution in [1.82, 2.24) is 25.1 Å². The van der Waals surface area contributed by atoms with Crippen LogP contribution in [0.25, 0.3) is 0 Å². The van der Waals surface area contributed by atoms with E-state index in [9.17, 15) is 14.4 Å². The lowest BCUT2D eigenvalue weighted by Gasteiger charge is -2.46. The van der Waals surface area contributed by atoms with Gasteiger partial charge in [0.05, 0.1) is 33.9 Å².